The van der Waals surface area contributed by atoms with E-state index < -0.39 is 0 Å². The third kappa shape index (κ3) is 1.81. The average Bonchev–Trinajstić information content (AvgIpc) is 2.76. The van der Waals surface area contributed by atoms with Gasteiger partial charge in [-0.1, -0.05) is 0 Å². The van der Waals surface area contributed by atoms with E-state index in [4.69, 9.17) is 0 Å². The molecule has 1 aliphatic rings. The molecule has 0 aliphatic carbocycles. The van der Waals surface area contributed by atoms with Crippen LogP contribution < -0.4 is 0 Å². The molecule has 2 amide bonds. The fourth-order valence-electron chi connectivity index (χ4n) is 1.48. The minimum atomic E-state index is -0.232. The first-order valence-electron chi connectivity index (χ1n) is 4.70. The Morgan fingerprint density at radius 1 is 1.33 bits per heavy atom. The molecule has 0 fully saturated rings. The summed E-state index contributed by atoms with van der Waals surface area (Å²) in [6.07, 6.45) is 4.83. The first-order chi connectivity index (χ1) is 7.18. The first-order valence-corrected chi connectivity index (χ1v) is 4.70. The number of rotatable bonds is 3. The summed E-state index contributed by atoms with van der Waals surface area (Å²) in [5.74, 6) is -0.434. The highest BCUT2D eigenvalue weighted by molar-refractivity contribution is 6.15. The van der Waals surface area contributed by atoms with Gasteiger partial charge in [-0.3, -0.25) is 19.2 Å². The van der Waals surface area contributed by atoms with Gasteiger partial charge in [-0.25, -0.2) is 0 Å². The van der Waals surface area contributed by atoms with Crippen molar-refractivity contribution in [2.75, 3.05) is 6.54 Å². The lowest BCUT2D eigenvalue weighted by molar-refractivity contribution is -0.137. The van der Waals surface area contributed by atoms with Crippen molar-refractivity contribution in [3.8, 4) is 0 Å². The summed E-state index contributed by atoms with van der Waals surface area (Å²) >= 11 is 0. The number of nitrogens with zero attached hydrogens (tertiary/aromatic N) is 3. The van der Waals surface area contributed by atoms with Crippen molar-refractivity contribution in [3.63, 3.8) is 0 Å². The summed E-state index contributed by atoms with van der Waals surface area (Å²) in [6, 6.07) is 1.80. The molecule has 2 rings (SSSR count). The van der Waals surface area contributed by atoms with Crippen LogP contribution in [0.25, 0.3) is 0 Å². The summed E-state index contributed by atoms with van der Waals surface area (Å²) in [7, 11) is 0. The van der Waals surface area contributed by atoms with Crippen LogP contribution in [0.3, 0.4) is 0 Å². The van der Waals surface area contributed by atoms with Gasteiger partial charge in [-0.15, -0.1) is 0 Å². The number of carbonyl (C=O) groups excluding carboxylic acids is 2. The van der Waals surface area contributed by atoms with Crippen LogP contribution in [0.2, 0.25) is 0 Å². The van der Waals surface area contributed by atoms with Crippen molar-refractivity contribution in [2.24, 2.45) is 0 Å². The number of amides is 2. The van der Waals surface area contributed by atoms with Crippen LogP contribution in [0.5, 0.6) is 0 Å². The quantitative estimate of drug-likeness (QED) is 0.662. The number of hydrogen-bond donors (Lipinski definition) is 0. The Labute approximate surface area is 87.0 Å². The highest BCUT2D eigenvalue weighted by atomic mass is 16.2. The Balaban J connectivity index is 1.97. The third-order valence-corrected chi connectivity index (χ3v) is 2.30. The molecule has 0 unspecified atom stereocenters. The zero-order chi connectivity index (χ0) is 10.8. The summed E-state index contributed by atoms with van der Waals surface area (Å²) in [5.41, 5.74) is 0.500. The first kappa shape index (κ1) is 9.64. The molecule has 0 bridgehead atoms. The van der Waals surface area contributed by atoms with Crippen molar-refractivity contribution >= 4 is 11.8 Å². The highest BCUT2D eigenvalue weighted by Crippen LogP contribution is 2.11. The highest BCUT2D eigenvalue weighted by Gasteiger charge is 2.27. The maximum absolute atomic E-state index is 11.5. The molecule has 0 aromatic carbocycles. The number of hydrogen-bond acceptors (Lipinski definition) is 3. The van der Waals surface area contributed by atoms with Gasteiger partial charge in [0.15, 0.2) is 0 Å². The van der Waals surface area contributed by atoms with Gasteiger partial charge in [0.2, 0.25) is 0 Å². The summed E-state index contributed by atoms with van der Waals surface area (Å²) in [6.45, 7) is 2.55. The molecule has 78 valence electrons. The maximum Gasteiger partial charge on any atom is 0.256 e. The Morgan fingerprint density at radius 2 is 2.13 bits per heavy atom. The number of aromatic nitrogens is 2. The van der Waals surface area contributed by atoms with E-state index in [1.54, 1.807) is 30.1 Å². The molecular weight excluding hydrogens is 194 g/mol. The number of carbonyl (C=O) groups is 2. The molecular formula is C10H11N3O2. The lowest BCUT2D eigenvalue weighted by atomic mass is 10.3. The van der Waals surface area contributed by atoms with Crippen LogP contribution in [-0.4, -0.2) is 33.0 Å². The van der Waals surface area contributed by atoms with Crippen LogP contribution in [-0.2, 0) is 16.1 Å². The topological polar surface area (TPSA) is 55.2 Å². The van der Waals surface area contributed by atoms with Gasteiger partial charge in [0.25, 0.3) is 11.8 Å². The van der Waals surface area contributed by atoms with E-state index in [0.29, 0.717) is 18.7 Å². The summed E-state index contributed by atoms with van der Waals surface area (Å²) < 4.78 is 1.69. The molecule has 0 atom stereocenters. The fourth-order valence-corrected chi connectivity index (χ4v) is 1.48. The monoisotopic (exact) mass is 205 g/mol. The van der Waals surface area contributed by atoms with E-state index in [2.05, 4.69) is 5.10 Å². The van der Waals surface area contributed by atoms with Gasteiger partial charge in [0.05, 0.1) is 6.54 Å². The molecule has 5 nitrogen and oxygen atoms in total. The number of imide groups is 1. The predicted octanol–water partition coefficient (Wildman–Crippen LogP) is 0.198. The van der Waals surface area contributed by atoms with E-state index >= 15 is 0 Å². The van der Waals surface area contributed by atoms with Crippen molar-refractivity contribution in [1.29, 1.82) is 0 Å². The van der Waals surface area contributed by atoms with Crippen LogP contribution in [0.15, 0.2) is 30.1 Å². The van der Waals surface area contributed by atoms with E-state index in [-0.39, 0.29) is 11.8 Å². The molecule has 1 aromatic rings. The largest absolute Gasteiger partial charge is 0.273 e. The van der Waals surface area contributed by atoms with E-state index in [1.165, 1.54) is 11.0 Å². The molecule has 15 heavy (non-hydrogen) atoms. The molecule has 0 radical (unpaired) electrons. The van der Waals surface area contributed by atoms with Gasteiger partial charge < -0.3 is 0 Å². The Bertz CT molecular complexity index is 420. The predicted molar refractivity (Wildman–Crippen MR) is 52.7 cm³/mol. The molecule has 0 N–H and O–H groups in total. The minimum absolute atomic E-state index is 0.202. The SMILES string of the molecule is CC1=CC(=O)N(CCn2cccn2)C1=O. The summed E-state index contributed by atoms with van der Waals surface area (Å²) in [4.78, 5) is 24.1. The third-order valence-electron chi connectivity index (χ3n) is 2.30. The van der Waals surface area contributed by atoms with Gasteiger partial charge in [0.1, 0.15) is 0 Å². The van der Waals surface area contributed by atoms with Gasteiger partial charge in [-0.05, 0) is 13.0 Å². The van der Waals surface area contributed by atoms with Crippen LogP contribution in [0.4, 0.5) is 0 Å². The second kappa shape index (κ2) is 3.68. The molecule has 1 aliphatic heterocycles. The normalized spacial score (nSPS) is 16.1. The minimum Gasteiger partial charge on any atom is -0.273 e. The van der Waals surface area contributed by atoms with E-state index in [1.807, 2.05) is 0 Å². The lowest BCUT2D eigenvalue weighted by Gasteiger charge is -2.13. The average molecular weight is 205 g/mol. The van der Waals surface area contributed by atoms with E-state index in [9.17, 15) is 9.59 Å². The molecule has 0 spiro atoms. The van der Waals surface area contributed by atoms with Gasteiger partial charge in [0, 0.05) is 30.6 Å². The van der Waals surface area contributed by atoms with Gasteiger partial charge >= 0.3 is 0 Å². The molecule has 5 heteroatoms. The second-order valence-corrected chi connectivity index (χ2v) is 3.39. The van der Waals surface area contributed by atoms with Crippen molar-refractivity contribution in [2.45, 2.75) is 13.5 Å². The smallest absolute Gasteiger partial charge is 0.256 e. The van der Waals surface area contributed by atoms with Crippen LogP contribution in [0, 0.1) is 0 Å². The zero-order valence-corrected chi connectivity index (χ0v) is 8.38. The zero-order valence-electron chi connectivity index (χ0n) is 8.38. The van der Waals surface area contributed by atoms with Crippen molar-refractivity contribution < 1.29 is 9.59 Å². The van der Waals surface area contributed by atoms with Gasteiger partial charge in [-0.2, -0.15) is 5.10 Å². The Hall–Kier alpha value is -1.91. The Kier molecular flexibility index (Phi) is 2.37. The van der Waals surface area contributed by atoms with E-state index in [0.717, 1.165) is 0 Å². The molecule has 2 heterocycles. The standard InChI is InChI=1S/C10H11N3O2/c1-8-7-9(14)13(10(8)15)6-5-12-4-2-3-11-12/h2-4,7H,5-6H2,1H3. The molecule has 0 saturated heterocycles. The van der Waals surface area contributed by atoms with Crippen molar-refractivity contribution in [3.05, 3.63) is 30.1 Å². The van der Waals surface area contributed by atoms with Crippen LogP contribution >= 0.6 is 0 Å². The Morgan fingerprint density at radius 3 is 2.67 bits per heavy atom. The lowest BCUT2D eigenvalue weighted by Crippen LogP contribution is -2.33. The maximum atomic E-state index is 11.5. The van der Waals surface area contributed by atoms with Crippen molar-refractivity contribution in [1.82, 2.24) is 14.7 Å². The summed E-state index contributed by atoms with van der Waals surface area (Å²) in [5, 5.41) is 4.00. The molecule has 1 aromatic heterocycles. The fraction of sp³-hybridized carbons (Fsp3) is 0.300. The molecule has 0 saturated carbocycles. The second-order valence-electron chi connectivity index (χ2n) is 3.39. The van der Waals surface area contributed by atoms with Crippen LogP contribution in [0.1, 0.15) is 6.92 Å².